The molecule has 2 aromatic rings. The first-order valence-corrected chi connectivity index (χ1v) is 10.5. The summed E-state index contributed by atoms with van der Waals surface area (Å²) in [5.74, 6) is 0. The third-order valence-corrected chi connectivity index (χ3v) is 6.46. The number of aliphatic hydroxyl groups is 2. The molecule has 1 fully saturated rings. The highest BCUT2D eigenvalue weighted by Gasteiger charge is 2.35. The van der Waals surface area contributed by atoms with Crippen LogP contribution < -0.4 is 11.2 Å². The van der Waals surface area contributed by atoms with Crippen molar-refractivity contribution >= 4 is 11.8 Å². The third kappa shape index (κ3) is 4.39. The molecule has 28 heavy (non-hydrogen) atoms. The van der Waals surface area contributed by atoms with Gasteiger partial charge in [-0.15, -0.1) is 16.9 Å². The molecule has 0 radical (unpaired) electrons. The van der Waals surface area contributed by atoms with E-state index in [4.69, 9.17) is 0 Å². The molecule has 0 aliphatic carbocycles. The van der Waals surface area contributed by atoms with Gasteiger partial charge in [0, 0.05) is 37.5 Å². The van der Waals surface area contributed by atoms with Crippen molar-refractivity contribution in [1.29, 1.82) is 0 Å². The molecule has 0 aromatic carbocycles. The molecule has 3 atom stereocenters. The first kappa shape index (κ1) is 20.8. The molecule has 3 rings (SSSR count). The molecule has 9 nitrogen and oxygen atoms in total. The first-order valence-electron chi connectivity index (χ1n) is 9.60. The van der Waals surface area contributed by atoms with Crippen molar-refractivity contribution in [1.82, 2.24) is 24.1 Å². The van der Waals surface area contributed by atoms with Gasteiger partial charge in [0.2, 0.25) is 0 Å². The zero-order valence-electron chi connectivity index (χ0n) is 16.2. The summed E-state index contributed by atoms with van der Waals surface area (Å²) in [6.07, 6.45) is 5.36. The normalized spacial score (nSPS) is 22.1. The molecular weight excluding hydrogens is 382 g/mol. The SMILES string of the molecule is CCCn1cc(CCCn2c(=O)c(C)cn(C3CC(O)C(CO)S3)c2=O)nn1. The Kier molecular flexibility index (Phi) is 6.73. The maximum atomic E-state index is 12.9. The highest BCUT2D eigenvalue weighted by Crippen LogP contribution is 2.40. The van der Waals surface area contributed by atoms with Gasteiger partial charge in [-0.05, 0) is 26.2 Å². The zero-order chi connectivity index (χ0) is 20.3. The van der Waals surface area contributed by atoms with Gasteiger partial charge in [-0.25, -0.2) is 4.79 Å². The van der Waals surface area contributed by atoms with Crippen LogP contribution in [0.2, 0.25) is 0 Å². The fourth-order valence-corrected chi connectivity index (χ4v) is 4.79. The third-order valence-electron chi connectivity index (χ3n) is 4.91. The smallest absolute Gasteiger partial charge is 0.331 e. The minimum absolute atomic E-state index is 0.144. The summed E-state index contributed by atoms with van der Waals surface area (Å²) in [4.78, 5) is 25.4. The van der Waals surface area contributed by atoms with Crippen molar-refractivity contribution in [3.8, 4) is 0 Å². The predicted octanol–water partition coefficient (Wildman–Crippen LogP) is 0.310. The Bertz CT molecular complexity index is 921. The van der Waals surface area contributed by atoms with Crippen LogP contribution in [-0.4, -0.2) is 52.3 Å². The minimum atomic E-state index is -0.668. The molecule has 3 heterocycles. The molecule has 0 bridgehead atoms. The van der Waals surface area contributed by atoms with Crippen molar-refractivity contribution in [2.75, 3.05) is 6.61 Å². The van der Waals surface area contributed by atoms with Crippen LogP contribution in [0.4, 0.5) is 0 Å². The molecule has 2 aromatic heterocycles. The fourth-order valence-electron chi connectivity index (χ4n) is 3.42. The summed E-state index contributed by atoms with van der Waals surface area (Å²) in [5, 5.41) is 26.9. The average molecular weight is 410 g/mol. The number of hydrogen-bond donors (Lipinski definition) is 2. The van der Waals surface area contributed by atoms with Crippen LogP contribution in [0.1, 0.15) is 42.8 Å². The van der Waals surface area contributed by atoms with Crippen LogP contribution in [0, 0.1) is 6.92 Å². The maximum Gasteiger partial charge on any atom is 0.331 e. The van der Waals surface area contributed by atoms with E-state index in [1.165, 1.54) is 20.9 Å². The number of aryl methyl sites for hydroxylation is 3. The summed E-state index contributed by atoms with van der Waals surface area (Å²) in [5.41, 5.74) is 0.650. The van der Waals surface area contributed by atoms with Crippen LogP contribution in [0.15, 0.2) is 22.0 Å². The Morgan fingerprint density at radius 3 is 2.75 bits per heavy atom. The van der Waals surface area contributed by atoms with E-state index < -0.39 is 6.10 Å². The van der Waals surface area contributed by atoms with E-state index in [2.05, 4.69) is 17.2 Å². The summed E-state index contributed by atoms with van der Waals surface area (Å²) in [7, 11) is 0. The van der Waals surface area contributed by atoms with Gasteiger partial charge >= 0.3 is 5.69 Å². The number of nitrogens with zero attached hydrogens (tertiary/aromatic N) is 5. The molecule has 3 unspecified atom stereocenters. The van der Waals surface area contributed by atoms with Crippen LogP contribution in [0.3, 0.4) is 0 Å². The second kappa shape index (κ2) is 9.06. The van der Waals surface area contributed by atoms with Gasteiger partial charge < -0.3 is 10.2 Å². The average Bonchev–Trinajstić information content (AvgIpc) is 3.27. The number of rotatable bonds is 8. The molecule has 2 N–H and O–H groups in total. The first-order chi connectivity index (χ1) is 13.4. The Balaban J connectivity index is 1.74. The zero-order valence-corrected chi connectivity index (χ0v) is 17.0. The monoisotopic (exact) mass is 409 g/mol. The molecule has 10 heteroatoms. The lowest BCUT2D eigenvalue weighted by molar-refractivity contribution is 0.137. The van der Waals surface area contributed by atoms with E-state index in [0.717, 1.165) is 18.7 Å². The van der Waals surface area contributed by atoms with Crippen molar-refractivity contribution in [2.24, 2.45) is 0 Å². The second-order valence-corrected chi connectivity index (χ2v) is 8.57. The predicted molar refractivity (Wildman–Crippen MR) is 106 cm³/mol. The molecule has 1 aliphatic heterocycles. The topological polar surface area (TPSA) is 115 Å². The van der Waals surface area contributed by atoms with Crippen LogP contribution in [0.25, 0.3) is 0 Å². The van der Waals surface area contributed by atoms with Gasteiger partial charge in [0.25, 0.3) is 5.56 Å². The summed E-state index contributed by atoms with van der Waals surface area (Å²) < 4.78 is 4.56. The molecule has 0 spiro atoms. The Morgan fingerprint density at radius 2 is 2.07 bits per heavy atom. The van der Waals surface area contributed by atoms with Gasteiger partial charge in [0.1, 0.15) is 0 Å². The lowest BCUT2D eigenvalue weighted by atomic mass is 10.2. The van der Waals surface area contributed by atoms with Gasteiger partial charge in [-0.3, -0.25) is 18.6 Å². The Hall–Kier alpha value is -1.91. The van der Waals surface area contributed by atoms with E-state index in [1.807, 2.05) is 6.20 Å². The van der Waals surface area contributed by atoms with E-state index in [1.54, 1.807) is 17.8 Å². The van der Waals surface area contributed by atoms with Crippen LogP contribution >= 0.6 is 11.8 Å². The molecular formula is C18H27N5O4S. The van der Waals surface area contributed by atoms with Gasteiger partial charge in [-0.2, -0.15) is 0 Å². The number of aliphatic hydroxyl groups excluding tert-OH is 2. The quantitative estimate of drug-likeness (QED) is 0.645. The Morgan fingerprint density at radius 1 is 1.29 bits per heavy atom. The number of aromatic nitrogens is 5. The molecule has 154 valence electrons. The number of thioether (sulfide) groups is 1. The molecule has 0 amide bonds. The molecule has 0 saturated carbocycles. The van der Waals surface area contributed by atoms with Gasteiger partial charge in [0.15, 0.2) is 0 Å². The van der Waals surface area contributed by atoms with Crippen LogP contribution in [0.5, 0.6) is 0 Å². The summed E-state index contributed by atoms with van der Waals surface area (Å²) in [6, 6.07) is 0. The second-order valence-electron chi connectivity index (χ2n) is 7.15. The maximum absolute atomic E-state index is 12.9. The molecule has 1 saturated heterocycles. The number of hydrogen-bond acceptors (Lipinski definition) is 7. The molecule has 1 aliphatic rings. The van der Waals surface area contributed by atoms with E-state index >= 15 is 0 Å². The minimum Gasteiger partial charge on any atom is -0.395 e. The van der Waals surface area contributed by atoms with E-state index in [9.17, 15) is 19.8 Å². The van der Waals surface area contributed by atoms with Crippen molar-refractivity contribution < 1.29 is 10.2 Å². The van der Waals surface area contributed by atoms with Crippen molar-refractivity contribution in [3.63, 3.8) is 0 Å². The summed E-state index contributed by atoms with van der Waals surface area (Å²) >= 11 is 1.36. The highest BCUT2D eigenvalue weighted by molar-refractivity contribution is 8.00. The van der Waals surface area contributed by atoms with E-state index in [-0.39, 0.29) is 28.5 Å². The standard InChI is InChI=1S/C18H27N5O4S/c1-3-6-21-10-13(19-20-21)5-4-7-22-17(26)12(2)9-23(18(22)27)16-8-14(25)15(11-24)28-16/h9-10,14-16,24-25H,3-8,11H2,1-2H3. The fraction of sp³-hybridized carbons (Fsp3) is 0.667. The van der Waals surface area contributed by atoms with Gasteiger partial charge in [-0.1, -0.05) is 12.1 Å². The van der Waals surface area contributed by atoms with Crippen LogP contribution in [-0.2, 0) is 19.5 Å². The summed E-state index contributed by atoms with van der Waals surface area (Å²) in [6.45, 7) is 4.72. The van der Waals surface area contributed by atoms with E-state index in [0.29, 0.717) is 31.4 Å². The van der Waals surface area contributed by atoms with Gasteiger partial charge in [0.05, 0.1) is 29.0 Å². The lowest BCUT2D eigenvalue weighted by Gasteiger charge is -2.16. The highest BCUT2D eigenvalue weighted by atomic mass is 32.2. The lowest BCUT2D eigenvalue weighted by Crippen LogP contribution is -2.41. The van der Waals surface area contributed by atoms with Crippen molar-refractivity contribution in [3.05, 3.63) is 44.5 Å². The van der Waals surface area contributed by atoms with Crippen molar-refractivity contribution in [2.45, 2.75) is 69.3 Å². The largest absolute Gasteiger partial charge is 0.395 e. The Labute approximate surface area is 167 Å².